The van der Waals surface area contributed by atoms with Gasteiger partial charge in [-0.25, -0.2) is 4.79 Å². The van der Waals surface area contributed by atoms with Gasteiger partial charge in [0.05, 0.1) is 13.7 Å². The van der Waals surface area contributed by atoms with E-state index in [0.29, 0.717) is 11.6 Å². The van der Waals surface area contributed by atoms with Crippen molar-refractivity contribution in [2.45, 2.75) is 19.4 Å². The molecule has 112 valence electrons. The van der Waals surface area contributed by atoms with Crippen molar-refractivity contribution < 1.29 is 19.1 Å². The Morgan fingerprint density at radius 1 is 1.38 bits per heavy atom. The number of methoxy groups -OCH3 is 1. The summed E-state index contributed by atoms with van der Waals surface area (Å²) in [4.78, 5) is 11.2. The second kappa shape index (κ2) is 5.92. The molecule has 2 N–H and O–H groups in total. The first kappa shape index (κ1) is 15.0. The fourth-order valence-corrected chi connectivity index (χ4v) is 1.71. The number of esters is 1. The maximum Gasteiger partial charge on any atom is 0.358 e. The molecule has 21 heavy (non-hydrogen) atoms. The van der Waals surface area contributed by atoms with Crippen molar-refractivity contribution in [3.63, 3.8) is 0 Å². The lowest BCUT2D eigenvalue weighted by Crippen LogP contribution is -2.30. The number of nitrogens with zero attached hydrogens (tertiary/aromatic N) is 2. The lowest BCUT2D eigenvalue weighted by Gasteiger charge is -2.21. The van der Waals surface area contributed by atoms with Crippen molar-refractivity contribution in [2.24, 2.45) is 0 Å². The Labute approximate surface area is 121 Å². The standard InChI is InChI=1S/C14H17N3O4/c1-9-4-6-11(21-9)14(2,19)8-15-12-7-5-10(16-17-12)13(18)20-3/h4-7,19H,8H2,1-3H3,(H,15,17). The number of carbonyl (C=O) groups excluding carboxylic acids is 1. The molecule has 1 atom stereocenters. The van der Waals surface area contributed by atoms with Gasteiger partial charge in [0.25, 0.3) is 0 Å². The van der Waals surface area contributed by atoms with Gasteiger partial charge in [-0.3, -0.25) is 0 Å². The van der Waals surface area contributed by atoms with E-state index in [0.717, 1.165) is 5.76 Å². The van der Waals surface area contributed by atoms with Crippen LogP contribution in [-0.2, 0) is 10.3 Å². The molecule has 0 saturated carbocycles. The number of ether oxygens (including phenoxy) is 1. The highest BCUT2D eigenvalue weighted by Gasteiger charge is 2.26. The SMILES string of the molecule is COC(=O)c1ccc(NCC(C)(O)c2ccc(C)o2)nn1. The van der Waals surface area contributed by atoms with Gasteiger partial charge in [0, 0.05) is 0 Å². The zero-order valence-electron chi connectivity index (χ0n) is 12.1. The monoisotopic (exact) mass is 291 g/mol. The Bertz CT molecular complexity index is 619. The Balaban J connectivity index is 2.01. The molecular weight excluding hydrogens is 274 g/mol. The molecule has 2 heterocycles. The first-order valence-corrected chi connectivity index (χ1v) is 6.37. The fraction of sp³-hybridized carbons (Fsp3) is 0.357. The number of hydrogen-bond donors (Lipinski definition) is 2. The second-order valence-electron chi connectivity index (χ2n) is 4.83. The van der Waals surface area contributed by atoms with Gasteiger partial charge in [0.15, 0.2) is 5.69 Å². The third-order valence-corrected chi connectivity index (χ3v) is 2.94. The first-order valence-electron chi connectivity index (χ1n) is 6.37. The summed E-state index contributed by atoms with van der Waals surface area (Å²) in [5, 5.41) is 20.9. The van der Waals surface area contributed by atoms with E-state index in [-0.39, 0.29) is 12.2 Å². The average Bonchev–Trinajstić information content (AvgIpc) is 2.92. The summed E-state index contributed by atoms with van der Waals surface area (Å²) in [6.07, 6.45) is 0. The van der Waals surface area contributed by atoms with Crippen LogP contribution in [0.5, 0.6) is 0 Å². The topological polar surface area (TPSA) is 97.5 Å². The van der Waals surface area contributed by atoms with Crippen LogP contribution in [0.3, 0.4) is 0 Å². The van der Waals surface area contributed by atoms with E-state index in [9.17, 15) is 9.90 Å². The number of anilines is 1. The maximum atomic E-state index is 11.2. The van der Waals surface area contributed by atoms with Crippen LogP contribution < -0.4 is 5.32 Å². The minimum Gasteiger partial charge on any atom is -0.464 e. The Morgan fingerprint density at radius 2 is 2.14 bits per heavy atom. The van der Waals surface area contributed by atoms with E-state index in [1.54, 1.807) is 25.1 Å². The van der Waals surface area contributed by atoms with Gasteiger partial charge in [-0.1, -0.05) is 0 Å². The molecule has 7 nitrogen and oxygen atoms in total. The third kappa shape index (κ3) is 3.57. The molecule has 1 unspecified atom stereocenters. The molecule has 0 radical (unpaired) electrons. The summed E-state index contributed by atoms with van der Waals surface area (Å²) in [6, 6.07) is 6.59. The summed E-state index contributed by atoms with van der Waals surface area (Å²) < 4.78 is 9.95. The molecular formula is C14H17N3O4. The molecule has 0 spiro atoms. The number of aryl methyl sites for hydroxylation is 1. The molecule has 2 aromatic rings. The Hall–Kier alpha value is -2.41. The normalized spacial score (nSPS) is 13.5. The number of hydrogen-bond acceptors (Lipinski definition) is 7. The van der Waals surface area contributed by atoms with Crippen LogP contribution in [0.4, 0.5) is 5.82 Å². The summed E-state index contributed by atoms with van der Waals surface area (Å²) in [7, 11) is 1.28. The lowest BCUT2D eigenvalue weighted by atomic mass is 10.0. The van der Waals surface area contributed by atoms with Crippen molar-refractivity contribution in [2.75, 3.05) is 19.0 Å². The van der Waals surface area contributed by atoms with Crippen LogP contribution in [0, 0.1) is 6.92 Å². The predicted molar refractivity (Wildman–Crippen MR) is 74.9 cm³/mol. The quantitative estimate of drug-likeness (QED) is 0.805. The van der Waals surface area contributed by atoms with Crippen molar-refractivity contribution in [1.82, 2.24) is 10.2 Å². The largest absolute Gasteiger partial charge is 0.464 e. The van der Waals surface area contributed by atoms with Gasteiger partial charge in [0.1, 0.15) is 22.9 Å². The van der Waals surface area contributed by atoms with Crippen molar-refractivity contribution in [3.8, 4) is 0 Å². The third-order valence-electron chi connectivity index (χ3n) is 2.94. The fourth-order valence-electron chi connectivity index (χ4n) is 1.71. The molecule has 0 saturated heterocycles. The molecule has 0 aromatic carbocycles. The van der Waals surface area contributed by atoms with Crippen LogP contribution in [-0.4, -0.2) is 34.9 Å². The lowest BCUT2D eigenvalue weighted by molar-refractivity contribution is 0.0466. The highest BCUT2D eigenvalue weighted by atomic mass is 16.5. The molecule has 0 aliphatic carbocycles. The van der Waals surface area contributed by atoms with Gasteiger partial charge < -0.3 is 19.6 Å². The van der Waals surface area contributed by atoms with Crippen LogP contribution in [0.2, 0.25) is 0 Å². The minimum absolute atomic E-state index is 0.122. The number of aromatic nitrogens is 2. The average molecular weight is 291 g/mol. The smallest absolute Gasteiger partial charge is 0.358 e. The van der Waals surface area contributed by atoms with Crippen LogP contribution in [0.15, 0.2) is 28.7 Å². The number of furan rings is 1. The van der Waals surface area contributed by atoms with Crippen LogP contribution in [0.25, 0.3) is 0 Å². The van der Waals surface area contributed by atoms with E-state index in [1.807, 2.05) is 6.92 Å². The number of nitrogens with one attached hydrogen (secondary N) is 1. The Morgan fingerprint density at radius 3 is 2.67 bits per heavy atom. The van der Waals surface area contributed by atoms with Gasteiger partial charge in [-0.05, 0) is 38.1 Å². The zero-order valence-corrected chi connectivity index (χ0v) is 12.1. The highest BCUT2D eigenvalue weighted by Crippen LogP contribution is 2.23. The van der Waals surface area contributed by atoms with Crippen molar-refractivity contribution >= 4 is 11.8 Å². The predicted octanol–water partition coefficient (Wildman–Crippen LogP) is 1.48. The van der Waals surface area contributed by atoms with E-state index < -0.39 is 11.6 Å². The van der Waals surface area contributed by atoms with Gasteiger partial charge in [-0.15, -0.1) is 10.2 Å². The molecule has 7 heteroatoms. The second-order valence-corrected chi connectivity index (χ2v) is 4.83. The zero-order chi connectivity index (χ0) is 15.5. The van der Waals surface area contributed by atoms with E-state index >= 15 is 0 Å². The van der Waals surface area contributed by atoms with Crippen LogP contribution >= 0.6 is 0 Å². The number of aliphatic hydroxyl groups is 1. The molecule has 0 bridgehead atoms. The molecule has 0 aliphatic rings. The summed E-state index contributed by atoms with van der Waals surface area (Å²) in [5.41, 5.74) is -1.06. The minimum atomic E-state index is -1.18. The Kier molecular flexibility index (Phi) is 4.23. The molecule has 2 rings (SSSR count). The maximum absolute atomic E-state index is 11.2. The van der Waals surface area contributed by atoms with Gasteiger partial charge in [0.2, 0.25) is 0 Å². The van der Waals surface area contributed by atoms with E-state index in [1.165, 1.54) is 13.2 Å². The van der Waals surface area contributed by atoms with E-state index in [4.69, 9.17) is 4.42 Å². The first-order chi connectivity index (χ1) is 9.92. The molecule has 0 fully saturated rings. The number of carbonyl (C=O) groups is 1. The van der Waals surface area contributed by atoms with Crippen LogP contribution in [0.1, 0.15) is 28.9 Å². The van der Waals surface area contributed by atoms with E-state index in [2.05, 4.69) is 20.3 Å². The molecule has 0 aliphatic heterocycles. The van der Waals surface area contributed by atoms with Gasteiger partial charge in [-0.2, -0.15) is 0 Å². The van der Waals surface area contributed by atoms with Gasteiger partial charge >= 0.3 is 5.97 Å². The summed E-state index contributed by atoms with van der Waals surface area (Å²) >= 11 is 0. The molecule has 2 aromatic heterocycles. The molecule has 0 amide bonds. The van der Waals surface area contributed by atoms with Crippen molar-refractivity contribution in [3.05, 3.63) is 41.5 Å². The summed E-state index contributed by atoms with van der Waals surface area (Å²) in [5.74, 6) is 1.08. The van der Waals surface area contributed by atoms with Crippen molar-refractivity contribution in [1.29, 1.82) is 0 Å². The summed E-state index contributed by atoms with van der Waals surface area (Å²) in [6.45, 7) is 3.63. The number of rotatable bonds is 5. The highest BCUT2D eigenvalue weighted by molar-refractivity contribution is 5.86.